The lowest BCUT2D eigenvalue weighted by Crippen LogP contribution is -2.55. The molecule has 1 spiro atoms. The summed E-state index contributed by atoms with van der Waals surface area (Å²) in [6.45, 7) is 4.86. The van der Waals surface area contributed by atoms with Crippen molar-refractivity contribution < 1.29 is 14.7 Å². The Morgan fingerprint density at radius 2 is 2.12 bits per heavy atom. The fourth-order valence-electron chi connectivity index (χ4n) is 3.93. The van der Waals surface area contributed by atoms with Gasteiger partial charge < -0.3 is 14.9 Å². The minimum absolute atomic E-state index is 0.0124. The van der Waals surface area contributed by atoms with E-state index in [9.17, 15) is 14.7 Å². The monoisotopic (exact) mass is 350 g/mol. The second kappa shape index (κ2) is 6.63. The van der Waals surface area contributed by atoms with E-state index < -0.39 is 0 Å². The van der Waals surface area contributed by atoms with Gasteiger partial charge in [-0.3, -0.25) is 9.59 Å². The van der Waals surface area contributed by atoms with Gasteiger partial charge in [0.15, 0.2) is 0 Å². The molecule has 1 N–H and O–H groups in total. The smallest absolute Gasteiger partial charge is 0.253 e. The lowest BCUT2D eigenvalue weighted by atomic mass is 9.73. The zero-order chi connectivity index (χ0) is 17.3. The van der Waals surface area contributed by atoms with Crippen LogP contribution in [0.2, 0.25) is 5.02 Å². The molecular weight excluding hydrogens is 328 g/mol. The lowest BCUT2D eigenvalue weighted by molar-refractivity contribution is -0.138. The predicted octanol–water partition coefficient (Wildman–Crippen LogP) is 2.91. The molecule has 0 aromatic heterocycles. The summed E-state index contributed by atoms with van der Waals surface area (Å²) in [7, 11) is 0. The highest BCUT2D eigenvalue weighted by Gasteiger charge is 2.42. The second-order valence-corrected chi connectivity index (χ2v) is 7.31. The van der Waals surface area contributed by atoms with Gasteiger partial charge in [0.2, 0.25) is 5.91 Å². The van der Waals surface area contributed by atoms with Gasteiger partial charge in [0.05, 0.1) is 5.02 Å². The Morgan fingerprint density at radius 1 is 1.33 bits per heavy atom. The number of carbonyl (C=O) groups excluding carboxylic acids is 2. The number of halogens is 1. The highest BCUT2D eigenvalue weighted by molar-refractivity contribution is 6.32. The fraction of sp³-hybridized carbons (Fsp3) is 0.556. The third kappa shape index (κ3) is 3.22. The zero-order valence-electron chi connectivity index (χ0n) is 13.9. The first-order valence-electron chi connectivity index (χ1n) is 8.50. The average Bonchev–Trinajstić information content (AvgIpc) is 2.59. The number of carbonyl (C=O) groups is 2. The van der Waals surface area contributed by atoms with Crippen LogP contribution in [0.4, 0.5) is 0 Å². The van der Waals surface area contributed by atoms with E-state index in [-0.39, 0.29) is 28.0 Å². The molecule has 24 heavy (non-hydrogen) atoms. The average molecular weight is 351 g/mol. The number of hydrogen-bond donors (Lipinski definition) is 1. The van der Waals surface area contributed by atoms with Crippen LogP contribution in [0.1, 0.15) is 43.0 Å². The molecule has 3 rings (SSSR count). The van der Waals surface area contributed by atoms with E-state index >= 15 is 0 Å². The van der Waals surface area contributed by atoms with E-state index in [0.29, 0.717) is 18.5 Å². The van der Waals surface area contributed by atoms with Crippen LogP contribution < -0.4 is 0 Å². The number of benzene rings is 1. The molecule has 2 saturated heterocycles. The summed E-state index contributed by atoms with van der Waals surface area (Å²) in [4.78, 5) is 28.6. The molecule has 1 aromatic rings. The largest absolute Gasteiger partial charge is 0.506 e. The minimum atomic E-state index is -0.0593. The SMILES string of the molecule is CCN1CC2(CCCN(C(=O)c3ccc(O)c(Cl)c3)C2)CCC1=O. The summed E-state index contributed by atoms with van der Waals surface area (Å²) in [6, 6.07) is 4.57. The Hall–Kier alpha value is -1.75. The molecule has 2 aliphatic rings. The number of piperidine rings is 2. The van der Waals surface area contributed by atoms with Crippen LogP contribution in [-0.2, 0) is 4.79 Å². The normalized spacial score (nSPS) is 24.5. The van der Waals surface area contributed by atoms with Crippen molar-refractivity contribution in [3.63, 3.8) is 0 Å². The van der Waals surface area contributed by atoms with Crippen molar-refractivity contribution in [2.45, 2.75) is 32.6 Å². The van der Waals surface area contributed by atoms with Gasteiger partial charge in [-0.2, -0.15) is 0 Å². The molecule has 130 valence electrons. The quantitative estimate of drug-likeness (QED) is 0.892. The van der Waals surface area contributed by atoms with Crippen molar-refractivity contribution in [2.75, 3.05) is 26.2 Å². The van der Waals surface area contributed by atoms with Crippen molar-refractivity contribution in [3.05, 3.63) is 28.8 Å². The molecule has 1 unspecified atom stereocenters. The van der Waals surface area contributed by atoms with Crippen LogP contribution in [0, 0.1) is 5.41 Å². The van der Waals surface area contributed by atoms with E-state index in [1.165, 1.54) is 12.1 Å². The summed E-state index contributed by atoms with van der Waals surface area (Å²) >= 11 is 5.93. The van der Waals surface area contributed by atoms with Gasteiger partial charge in [0.25, 0.3) is 5.91 Å². The van der Waals surface area contributed by atoms with E-state index in [2.05, 4.69) is 0 Å². The first-order valence-corrected chi connectivity index (χ1v) is 8.87. The molecule has 2 amide bonds. The van der Waals surface area contributed by atoms with Crippen LogP contribution in [0.5, 0.6) is 5.75 Å². The van der Waals surface area contributed by atoms with E-state index in [1.807, 2.05) is 16.7 Å². The lowest BCUT2D eigenvalue weighted by Gasteiger charge is -2.48. The maximum Gasteiger partial charge on any atom is 0.253 e. The molecule has 0 bridgehead atoms. The first kappa shape index (κ1) is 17.1. The van der Waals surface area contributed by atoms with Crippen molar-refractivity contribution in [1.82, 2.24) is 9.80 Å². The van der Waals surface area contributed by atoms with Crippen molar-refractivity contribution in [1.29, 1.82) is 0 Å². The van der Waals surface area contributed by atoms with E-state index in [4.69, 9.17) is 11.6 Å². The minimum Gasteiger partial charge on any atom is -0.506 e. The highest BCUT2D eigenvalue weighted by atomic mass is 35.5. The molecule has 1 atom stereocenters. The number of phenolic OH excluding ortho intramolecular Hbond substituents is 1. The summed E-state index contributed by atoms with van der Waals surface area (Å²) < 4.78 is 0. The van der Waals surface area contributed by atoms with Crippen molar-refractivity contribution >= 4 is 23.4 Å². The van der Waals surface area contributed by atoms with Crippen molar-refractivity contribution in [2.24, 2.45) is 5.41 Å². The zero-order valence-corrected chi connectivity index (χ0v) is 14.7. The summed E-state index contributed by atoms with van der Waals surface area (Å²) in [6.07, 6.45) is 3.42. The maximum absolute atomic E-state index is 12.8. The third-order valence-corrected chi connectivity index (χ3v) is 5.58. The van der Waals surface area contributed by atoms with Gasteiger partial charge in [0.1, 0.15) is 5.75 Å². The Kier molecular flexibility index (Phi) is 4.72. The number of phenols is 1. The maximum atomic E-state index is 12.8. The molecule has 1 aromatic carbocycles. The number of rotatable bonds is 2. The van der Waals surface area contributed by atoms with Gasteiger partial charge in [0, 0.05) is 43.6 Å². The number of nitrogens with zero attached hydrogens (tertiary/aromatic N) is 2. The third-order valence-electron chi connectivity index (χ3n) is 5.27. The molecule has 0 saturated carbocycles. The molecule has 2 fully saturated rings. The molecule has 5 nitrogen and oxygen atoms in total. The van der Waals surface area contributed by atoms with Gasteiger partial charge >= 0.3 is 0 Å². The summed E-state index contributed by atoms with van der Waals surface area (Å²) in [5.74, 6) is 0.139. The van der Waals surface area contributed by atoms with Gasteiger partial charge in [-0.25, -0.2) is 0 Å². The Labute approximate surface area is 147 Å². The number of aromatic hydroxyl groups is 1. The van der Waals surface area contributed by atoms with Gasteiger partial charge in [-0.1, -0.05) is 11.6 Å². The summed E-state index contributed by atoms with van der Waals surface area (Å²) in [5, 5.41) is 9.71. The molecular formula is C18H23ClN2O3. The number of likely N-dealkylation sites (tertiary alicyclic amines) is 2. The Balaban J connectivity index is 1.76. The molecule has 0 radical (unpaired) electrons. The Morgan fingerprint density at radius 3 is 2.83 bits per heavy atom. The van der Waals surface area contributed by atoms with Crippen LogP contribution in [-0.4, -0.2) is 52.9 Å². The van der Waals surface area contributed by atoms with Crippen LogP contribution in [0.3, 0.4) is 0 Å². The predicted molar refractivity (Wildman–Crippen MR) is 92.2 cm³/mol. The van der Waals surface area contributed by atoms with Crippen molar-refractivity contribution in [3.8, 4) is 5.75 Å². The van der Waals surface area contributed by atoms with Gasteiger partial charge in [-0.05, 0) is 44.4 Å². The number of hydrogen-bond acceptors (Lipinski definition) is 3. The van der Waals surface area contributed by atoms with E-state index in [0.717, 1.165) is 38.9 Å². The highest BCUT2D eigenvalue weighted by Crippen LogP contribution is 2.39. The topological polar surface area (TPSA) is 60.9 Å². The molecule has 0 aliphatic carbocycles. The summed E-state index contributed by atoms with van der Waals surface area (Å²) in [5.41, 5.74) is 0.507. The second-order valence-electron chi connectivity index (χ2n) is 6.90. The first-order chi connectivity index (χ1) is 11.4. The van der Waals surface area contributed by atoms with E-state index in [1.54, 1.807) is 6.07 Å². The van der Waals surface area contributed by atoms with Gasteiger partial charge in [-0.15, -0.1) is 0 Å². The Bertz CT molecular complexity index is 664. The number of amides is 2. The molecule has 2 aliphatic heterocycles. The van der Waals surface area contributed by atoms with Crippen LogP contribution >= 0.6 is 11.6 Å². The van der Waals surface area contributed by atoms with Crippen LogP contribution in [0.15, 0.2) is 18.2 Å². The molecule has 2 heterocycles. The van der Waals surface area contributed by atoms with Crippen LogP contribution in [0.25, 0.3) is 0 Å². The fourth-order valence-corrected chi connectivity index (χ4v) is 4.11. The molecule has 6 heteroatoms. The standard InChI is InChI=1S/C18H23ClN2O3/c1-2-20-11-18(8-6-16(20)23)7-3-9-21(12-18)17(24)13-4-5-15(22)14(19)10-13/h4-5,10,22H,2-3,6-9,11-12H2,1H3.